The number of halogens is 2. The molecule has 2 aliphatic heterocycles. The van der Waals surface area contributed by atoms with Crippen molar-refractivity contribution in [1.29, 1.82) is 0 Å². The van der Waals surface area contributed by atoms with Gasteiger partial charge < -0.3 is 20.1 Å². The summed E-state index contributed by atoms with van der Waals surface area (Å²) in [5.41, 5.74) is 0.0838. The van der Waals surface area contributed by atoms with Crippen LogP contribution in [0.25, 0.3) is 5.65 Å². The van der Waals surface area contributed by atoms with Crippen molar-refractivity contribution in [1.82, 2.24) is 24.4 Å². The molecule has 2 unspecified atom stereocenters. The number of fused-ring (bicyclic) bond motifs is 3. The van der Waals surface area contributed by atoms with Gasteiger partial charge in [0, 0.05) is 25.5 Å². The van der Waals surface area contributed by atoms with Crippen LogP contribution in [0.1, 0.15) is 60.6 Å². The van der Waals surface area contributed by atoms with E-state index in [2.05, 4.69) is 25.4 Å². The average Bonchev–Trinajstić information content (AvgIpc) is 3.66. The summed E-state index contributed by atoms with van der Waals surface area (Å²) in [4.78, 5) is 20.0. The first kappa shape index (κ1) is 22.4. The SMILES string of the molecule is O=C(Nc1cn([C@H]2CC[C@H](CO)CC2)nc1C(F)F)c1cnn2ccc(N3CC4CC3CO4)nc12. The molecule has 35 heavy (non-hydrogen) atoms. The quantitative estimate of drug-likeness (QED) is 0.550. The third kappa shape index (κ3) is 4.04. The van der Waals surface area contributed by atoms with E-state index in [9.17, 15) is 18.7 Å². The molecule has 5 heterocycles. The molecule has 186 valence electrons. The zero-order valence-electron chi connectivity index (χ0n) is 19.1. The number of alkyl halides is 2. The van der Waals surface area contributed by atoms with Gasteiger partial charge in [-0.3, -0.25) is 9.48 Å². The highest BCUT2D eigenvalue weighted by molar-refractivity contribution is 6.08. The number of carbonyl (C=O) groups is 1. The second kappa shape index (κ2) is 8.83. The molecule has 1 aliphatic carbocycles. The number of carbonyl (C=O) groups excluding carboxylic acids is 1. The average molecular weight is 488 g/mol. The van der Waals surface area contributed by atoms with Gasteiger partial charge in [-0.25, -0.2) is 18.3 Å². The molecule has 12 heteroatoms. The van der Waals surface area contributed by atoms with Crippen LogP contribution in [0.15, 0.2) is 24.7 Å². The van der Waals surface area contributed by atoms with E-state index in [-0.39, 0.29) is 42.0 Å². The molecule has 0 spiro atoms. The van der Waals surface area contributed by atoms with Crippen LogP contribution in [0.3, 0.4) is 0 Å². The maximum Gasteiger partial charge on any atom is 0.284 e. The van der Waals surface area contributed by atoms with Crippen molar-refractivity contribution < 1.29 is 23.4 Å². The molecule has 2 N–H and O–H groups in total. The molecule has 3 aromatic heterocycles. The molecule has 3 fully saturated rings. The standard InChI is InChI=1S/C23H27F2N7O3/c24-21(25)20-18(10-32(29-20)14-3-1-13(11-33)2-4-14)27-23(34)17-8-26-31-6-5-19(28-22(17)31)30-9-16-7-15(30)12-35-16/h5-6,8,10,13-16,21,33H,1-4,7,9,11-12H2,(H,27,34)/t13-,14-,15?,16?. The Morgan fingerprint density at radius 1 is 1.26 bits per heavy atom. The summed E-state index contributed by atoms with van der Waals surface area (Å²) in [6.45, 7) is 1.55. The Labute approximate surface area is 199 Å². The first-order chi connectivity index (χ1) is 17.0. The summed E-state index contributed by atoms with van der Waals surface area (Å²) < 4.78 is 36.2. The number of morpholine rings is 1. The smallest absolute Gasteiger partial charge is 0.284 e. The van der Waals surface area contributed by atoms with Gasteiger partial charge in [-0.1, -0.05) is 0 Å². The molecule has 0 aromatic carbocycles. The van der Waals surface area contributed by atoms with Gasteiger partial charge in [0.2, 0.25) is 0 Å². The molecule has 6 rings (SSSR count). The minimum atomic E-state index is -2.83. The number of nitrogens with zero attached hydrogens (tertiary/aromatic N) is 6. The van der Waals surface area contributed by atoms with Gasteiger partial charge in [0.05, 0.1) is 36.7 Å². The van der Waals surface area contributed by atoms with Crippen molar-refractivity contribution in [3.63, 3.8) is 0 Å². The fourth-order valence-electron chi connectivity index (χ4n) is 5.49. The highest BCUT2D eigenvalue weighted by Crippen LogP contribution is 2.35. The van der Waals surface area contributed by atoms with E-state index in [4.69, 9.17) is 4.74 Å². The van der Waals surface area contributed by atoms with Gasteiger partial charge in [-0.05, 0) is 44.1 Å². The van der Waals surface area contributed by atoms with Gasteiger partial charge in [0.1, 0.15) is 11.4 Å². The van der Waals surface area contributed by atoms with Crippen LogP contribution in [0.2, 0.25) is 0 Å². The Morgan fingerprint density at radius 2 is 2.09 bits per heavy atom. The molecule has 1 amide bonds. The molecule has 3 aliphatic rings. The highest BCUT2D eigenvalue weighted by atomic mass is 19.3. The number of hydrogen-bond acceptors (Lipinski definition) is 7. The van der Waals surface area contributed by atoms with E-state index < -0.39 is 18.0 Å². The van der Waals surface area contributed by atoms with Crippen LogP contribution in [-0.2, 0) is 4.74 Å². The van der Waals surface area contributed by atoms with E-state index in [1.54, 1.807) is 6.20 Å². The largest absolute Gasteiger partial charge is 0.396 e. The number of aromatic nitrogens is 5. The third-order valence-corrected chi connectivity index (χ3v) is 7.46. The van der Waals surface area contributed by atoms with Crippen molar-refractivity contribution in [2.24, 2.45) is 5.92 Å². The maximum atomic E-state index is 13.8. The molecular formula is C23H27F2N7O3. The predicted molar refractivity (Wildman–Crippen MR) is 122 cm³/mol. The summed E-state index contributed by atoms with van der Waals surface area (Å²) in [6, 6.07) is 2.08. The van der Waals surface area contributed by atoms with Crippen molar-refractivity contribution in [2.45, 2.75) is 56.7 Å². The summed E-state index contributed by atoms with van der Waals surface area (Å²) in [6.07, 6.45) is 6.06. The van der Waals surface area contributed by atoms with Gasteiger partial charge in [-0.2, -0.15) is 10.2 Å². The van der Waals surface area contributed by atoms with Crippen molar-refractivity contribution >= 4 is 23.1 Å². The van der Waals surface area contributed by atoms with Crippen molar-refractivity contribution in [3.8, 4) is 0 Å². The summed E-state index contributed by atoms with van der Waals surface area (Å²) in [5, 5.41) is 20.3. The number of hydrogen-bond donors (Lipinski definition) is 2. The Kier molecular flexibility index (Phi) is 5.64. The molecule has 10 nitrogen and oxygen atoms in total. The summed E-state index contributed by atoms with van der Waals surface area (Å²) >= 11 is 0. The van der Waals surface area contributed by atoms with Crippen LogP contribution >= 0.6 is 0 Å². The zero-order valence-corrected chi connectivity index (χ0v) is 19.1. The lowest BCUT2D eigenvalue weighted by Gasteiger charge is -2.27. The van der Waals surface area contributed by atoms with E-state index >= 15 is 0 Å². The van der Waals surface area contributed by atoms with Gasteiger partial charge in [-0.15, -0.1) is 0 Å². The first-order valence-electron chi connectivity index (χ1n) is 12.0. The summed E-state index contributed by atoms with van der Waals surface area (Å²) in [5.74, 6) is 0.413. The molecule has 2 atom stereocenters. The Hall–Kier alpha value is -3.12. The monoisotopic (exact) mass is 487 g/mol. The third-order valence-electron chi connectivity index (χ3n) is 7.46. The minimum Gasteiger partial charge on any atom is -0.396 e. The number of aliphatic hydroxyl groups excluding tert-OH is 1. The topological polar surface area (TPSA) is 110 Å². The fourth-order valence-corrected chi connectivity index (χ4v) is 5.49. The van der Waals surface area contributed by atoms with Crippen molar-refractivity contribution in [3.05, 3.63) is 35.9 Å². The molecule has 3 aromatic rings. The van der Waals surface area contributed by atoms with E-state index in [1.165, 1.54) is 21.6 Å². The normalized spacial score (nSPS) is 26.2. The lowest BCUT2D eigenvalue weighted by molar-refractivity contribution is 0.0988. The van der Waals surface area contributed by atoms with E-state index in [0.717, 1.165) is 44.5 Å². The number of anilines is 2. The molecule has 0 radical (unpaired) electrons. The minimum absolute atomic E-state index is 0.0150. The van der Waals surface area contributed by atoms with Crippen LogP contribution in [0, 0.1) is 5.92 Å². The van der Waals surface area contributed by atoms with Gasteiger partial charge in [0.25, 0.3) is 12.3 Å². The van der Waals surface area contributed by atoms with Crippen LogP contribution in [0.4, 0.5) is 20.3 Å². The second-order valence-electron chi connectivity index (χ2n) is 9.63. The Bertz CT molecular complexity index is 1240. The van der Waals surface area contributed by atoms with Crippen LogP contribution < -0.4 is 10.2 Å². The van der Waals surface area contributed by atoms with E-state index in [0.29, 0.717) is 12.3 Å². The summed E-state index contributed by atoms with van der Waals surface area (Å²) in [7, 11) is 0. The fraction of sp³-hybridized carbons (Fsp3) is 0.565. The molecular weight excluding hydrogens is 460 g/mol. The first-order valence-corrected chi connectivity index (χ1v) is 12.0. The van der Waals surface area contributed by atoms with Crippen LogP contribution in [0.5, 0.6) is 0 Å². The van der Waals surface area contributed by atoms with Crippen LogP contribution in [-0.4, -0.2) is 67.3 Å². The number of rotatable bonds is 6. The van der Waals surface area contributed by atoms with Crippen molar-refractivity contribution in [2.75, 3.05) is 30.0 Å². The lowest BCUT2D eigenvalue weighted by Crippen LogP contribution is -2.37. The maximum absolute atomic E-state index is 13.8. The Balaban J connectivity index is 1.24. The molecule has 2 saturated heterocycles. The highest BCUT2D eigenvalue weighted by Gasteiger charge is 2.39. The van der Waals surface area contributed by atoms with Gasteiger partial charge >= 0.3 is 0 Å². The number of ether oxygens (including phenoxy) is 1. The van der Waals surface area contributed by atoms with Gasteiger partial charge in [0.15, 0.2) is 11.3 Å². The number of aliphatic hydroxyl groups is 1. The molecule has 1 saturated carbocycles. The zero-order chi connectivity index (χ0) is 24.1. The predicted octanol–water partition coefficient (Wildman–Crippen LogP) is 2.82. The number of nitrogens with one attached hydrogen (secondary N) is 1. The van der Waals surface area contributed by atoms with E-state index in [1.807, 2.05) is 6.07 Å². The second-order valence-corrected chi connectivity index (χ2v) is 9.63. The Morgan fingerprint density at radius 3 is 2.77 bits per heavy atom. The number of amides is 1. The molecule has 2 bridgehead atoms. The lowest BCUT2D eigenvalue weighted by atomic mass is 9.87.